The summed E-state index contributed by atoms with van der Waals surface area (Å²) in [5, 5.41) is 0. The van der Waals surface area contributed by atoms with Crippen molar-refractivity contribution < 1.29 is 4.74 Å². The van der Waals surface area contributed by atoms with Crippen LogP contribution in [-0.2, 0) is 6.42 Å². The molecule has 0 N–H and O–H groups in total. The van der Waals surface area contributed by atoms with Crippen LogP contribution < -0.4 is 4.74 Å². The quantitative estimate of drug-likeness (QED) is 0.266. The van der Waals surface area contributed by atoms with E-state index in [4.69, 9.17) is 4.74 Å². The minimum absolute atomic E-state index is 0.790. The molecule has 0 aliphatic rings. The van der Waals surface area contributed by atoms with Crippen molar-refractivity contribution in [3.8, 4) is 17.0 Å². The highest BCUT2D eigenvalue weighted by Gasteiger charge is 2.02. The number of rotatable bonds is 16. The molecule has 0 saturated carbocycles. The highest BCUT2D eigenvalue weighted by atomic mass is 16.5. The minimum Gasteiger partial charge on any atom is -0.492 e. The fourth-order valence-electron chi connectivity index (χ4n) is 3.66. The van der Waals surface area contributed by atoms with Gasteiger partial charge >= 0.3 is 0 Å². The zero-order chi connectivity index (χ0) is 20.6. The molecule has 0 atom stereocenters. The molecule has 1 heterocycles. The van der Waals surface area contributed by atoms with E-state index in [1.807, 2.05) is 12.3 Å². The number of pyridine rings is 1. The Morgan fingerprint density at radius 3 is 1.90 bits per heavy atom. The maximum Gasteiger partial charge on any atom is 0.137 e. The first kappa shape index (κ1) is 23.4. The first-order valence-corrected chi connectivity index (χ1v) is 12.0. The van der Waals surface area contributed by atoms with Gasteiger partial charge in [-0.25, -0.2) is 0 Å². The van der Waals surface area contributed by atoms with Crippen molar-refractivity contribution in [2.45, 2.75) is 97.3 Å². The molecule has 2 aromatic rings. The molecule has 0 unspecified atom stereocenters. The van der Waals surface area contributed by atoms with Gasteiger partial charge in [0.15, 0.2) is 0 Å². The van der Waals surface area contributed by atoms with Crippen LogP contribution >= 0.6 is 0 Å². The van der Waals surface area contributed by atoms with Crippen molar-refractivity contribution >= 4 is 0 Å². The fourth-order valence-corrected chi connectivity index (χ4v) is 3.66. The van der Waals surface area contributed by atoms with Gasteiger partial charge in [0, 0.05) is 5.56 Å². The number of nitrogens with zero attached hydrogens (tertiary/aromatic N) is 1. The molecule has 1 aromatic carbocycles. The van der Waals surface area contributed by atoms with Crippen molar-refractivity contribution in [1.29, 1.82) is 0 Å². The minimum atomic E-state index is 0.790. The van der Waals surface area contributed by atoms with E-state index in [2.05, 4.69) is 49.2 Å². The average molecular weight is 396 g/mol. The molecular weight excluding hydrogens is 354 g/mol. The lowest BCUT2D eigenvalue weighted by atomic mass is 10.0. The van der Waals surface area contributed by atoms with Gasteiger partial charge < -0.3 is 4.74 Å². The number of hydrogen-bond donors (Lipinski definition) is 0. The number of aromatic nitrogens is 1. The molecule has 0 fully saturated rings. The molecule has 0 amide bonds. The second-order valence-corrected chi connectivity index (χ2v) is 8.21. The summed E-state index contributed by atoms with van der Waals surface area (Å²) in [7, 11) is 0. The number of hydrogen-bond acceptors (Lipinski definition) is 2. The highest BCUT2D eigenvalue weighted by molar-refractivity contribution is 5.59. The molecular formula is C27H41NO. The van der Waals surface area contributed by atoms with E-state index in [9.17, 15) is 0 Å². The Bertz CT molecular complexity index is 633. The highest BCUT2D eigenvalue weighted by Crippen LogP contribution is 2.21. The smallest absolute Gasteiger partial charge is 0.137 e. The number of unbranched alkanes of at least 4 members (excludes halogenated alkanes) is 10. The van der Waals surface area contributed by atoms with Crippen LogP contribution in [-0.4, -0.2) is 11.6 Å². The van der Waals surface area contributed by atoms with Crippen molar-refractivity contribution in [1.82, 2.24) is 4.98 Å². The standard InChI is InChI=1S/C27H41NO/c1-3-5-7-9-10-11-13-15-24-16-18-25(19-17-24)27-21-20-26(23-28-27)29-22-14-12-8-6-4-2/h16-21,23H,3-15,22H2,1-2H3. The summed E-state index contributed by atoms with van der Waals surface area (Å²) in [6, 6.07) is 13.0. The van der Waals surface area contributed by atoms with E-state index in [-0.39, 0.29) is 0 Å². The van der Waals surface area contributed by atoms with Crippen molar-refractivity contribution in [2.24, 2.45) is 0 Å². The van der Waals surface area contributed by atoms with Crippen molar-refractivity contribution in [3.63, 3.8) is 0 Å². The number of benzene rings is 1. The van der Waals surface area contributed by atoms with E-state index in [0.717, 1.165) is 24.5 Å². The summed E-state index contributed by atoms with van der Waals surface area (Å²) in [5.74, 6) is 0.875. The molecule has 0 spiro atoms. The summed E-state index contributed by atoms with van der Waals surface area (Å²) >= 11 is 0. The van der Waals surface area contributed by atoms with Crippen LogP contribution in [0.1, 0.15) is 96.5 Å². The molecule has 0 radical (unpaired) electrons. The van der Waals surface area contributed by atoms with Crippen LogP contribution in [0.2, 0.25) is 0 Å². The Balaban J connectivity index is 1.68. The third-order valence-corrected chi connectivity index (χ3v) is 5.57. The van der Waals surface area contributed by atoms with Gasteiger partial charge in [-0.1, -0.05) is 102 Å². The Morgan fingerprint density at radius 2 is 1.28 bits per heavy atom. The zero-order valence-electron chi connectivity index (χ0n) is 18.8. The Morgan fingerprint density at radius 1 is 0.655 bits per heavy atom. The second kappa shape index (κ2) is 15.1. The van der Waals surface area contributed by atoms with E-state index < -0.39 is 0 Å². The van der Waals surface area contributed by atoms with E-state index >= 15 is 0 Å². The fraction of sp³-hybridized carbons (Fsp3) is 0.593. The van der Waals surface area contributed by atoms with Gasteiger partial charge in [-0.3, -0.25) is 4.98 Å². The SMILES string of the molecule is CCCCCCCCCc1ccc(-c2ccc(OCCCCCCC)cn2)cc1. The van der Waals surface area contributed by atoms with Gasteiger partial charge in [-0.15, -0.1) is 0 Å². The van der Waals surface area contributed by atoms with Crippen molar-refractivity contribution in [2.75, 3.05) is 6.61 Å². The van der Waals surface area contributed by atoms with E-state index in [1.54, 1.807) is 0 Å². The first-order chi connectivity index (χ1) is 14.3. The summed E-state index contributed by atoms with van der Waals surface area (Å²) in [6.07, 6.45) is 18.9. The Kier molecular flexibility index (Phi) is 12.2. The first-order valence-electron chi connectivity index (χ1n) is 12.0. The van der Waals surface area contributed by atoms with E-state index in [1.165, 1.54) is 88.2 Å². The third kappa shape index (κ3) is 9.96. The largest absolute Gasteiger partial charge is 0.492 e. The van der Waals surface area contributed by atoms with Crippen LogP contribution in [0.4, 0.5) is 0 Å². The van der Waals surface area contributed by atoms with Crippen molar-refractivity contribution in [3.05, 3.63) is 48.2 Å². The van der Waals surface area contributed by atoms with Gasteiger partial charge in [-0.05, 0) is 37.0 Å². The molecule has 0 aliphatic heterocycles. The third-order valence-electron chi connectivity index (χ3n) is 5.57. The molecule has 2 heteroatoms. The zero-order valence-corrected chi connectivity index (χ0v) is 18.8. The summed E-state index contributed by atoms with van der Waals surface area (Å²) in [6.45, 7) is 5.31. The summed E-state index contributed by atoms with van der Waals surface area (Å²) < 4.78 is 5.82. The van der Waals surface area contributed by atoms with Gasteiger partial charge in [0.2, 0.25) is 0 Å². The summed E-state index contributed by atoms with van der Waals surface area (Å²) in [4.78, 5) is 4.59. The molecule has 1 aromatic heterocycles. The van der Waals surface area contributed by atoms with Gasteiger partial charge in [-0.2, -0.15) is 0 Å². The Labute approximate surface area is 179 Å². The summed E-state index contributed by atoms with van der Waals surface area (Å²) in [5.41, 5.74) is 3.63. The monoisotopic (exact) mass is 395 g/mol. The molecule has 2 rings (SSSR count). The Hall–Kier alpha value is -1.83. The molecule has 0 bridgehead atoms. The normalized spacial score (nSPS) is 11.0. The number of ether oxygens (including phenoxy) is 1. The van der Waals surface area contributed by atoms with Gasteiger partial charge in [0.1, 0.15) is 5.75 Å². The molecule has 2 nitrogen and oxygen atoms in total. The lowest BCUT2D eigenvalue weighted by molar-refractivity contribution is 0.303. The van der Waals surface area contributed by atoms with Crippen LogP contribution in [0.5, 0.6) is 5.75 Å². The predicted octanol–water partition coefficient (Wildman–Crippen LogP) is 8.39. The van der Waals surface area contributed by atoms with Gasteiger partial charge in [0.25, 0.3) is 0 Å². The van der Waals surface area contributed by atoms with Crippen LogP contribution in [0.3, 0.4) is 0 Å². The maximum atomic E-state index is 5.82. The molecule has 0 aliphatic carbocycles. The number of aryl methyl sites for hydroxylation is 1. The topological polar surface area (TPSA) is 22.1 Å². The predicted molar refractivity (Wildman–Crippen MR) is 126 cm³/mol. The van der Waals surface area contributed by atoms with Crippen LogP contribution in [0.15, 0.2) is 42.6 Å². The molecule has 160 valence electrons. The lowest BCUT2D eigenvalue weighted by Crippen LogP contribution is -1.98. The molecule has 0 saturated heterocycles. The van der Waals surface area contributed by atoms with Crippen LogP contribution in [0, 0.1) is 0 Å². The van der Waals surface area contributed by atoms with Gasteiger partial charge in [0.05, 0.1) is 18.5 Å². The second-order valence-electron chi connectivity index (χ2n) is 8.21. The van der Waals surface area contributed by atoms with E-state index in [0.29, 0.717) is 0 Å². The average Bonchev–Trinajstić information content (AvgIpc) is 2.76. The van der Waals surface area contributed by atoms with Crippen LogP contribution in [0.25, 0.3) is 11.3 Å². The lowest BCUT2D eigenvalue weighted by Gasteiger charge is -2.08. The molecule has 29 heavy (non-hydrogen) atoms. The maximum absolute atomic E-state index is 5.82.